The molecular weight excluding hydrogens is 316 g/mol. The standard InChI is InChI=1S/C19H30N4O2/c1-22-10-8-15(9-11-22)19-20-18(21-25-19)16-6-7-17(24)23(13-16)12-14-4-2-3-5-14/h14-16H,2-13H2,1H3. The highest BCUT2D eigenvalue weighted by Gasteiger charge is 2.32. The van der Waals surface area contributed by atoms with Crippen molar-refractivity contribution in [1.29, 1.82) is 0 Å². The molecule has 0 N–H and O–H groups in total. The number of nitrogens with zero attached hydrogens (tertiary/aromatic N) is 4. The summed E-state index contributed by atoms with van der Waals surface area (Å²) in [5, 5.41) is 4.29. The largest absolute Gasteiger partial charge is 0.342 e. The van der Waals surface area contributed by atoms with E-state index in [9.17, 15) is 4.79 Å². The Bertz CT molecular complexity index is 588. The van der Waals surface area contributed by atoms with Crippen molar-refractivity contribution in [2.75, 3.05) is 33.2 Å². The van der Waals surface area contributed by atoms with Crippen molar-refractivity contribution >= 4 is 5.91 Å². The molecule has 25 heavy (non-hydrogen) atoms. The van der Waals surface area contributed by atoms with E-state index >= 15 is 0 Å². The van der Waals surface area contributed by atoms with Crippen LogP contribution in [0.3, 0.4) is 0 Å². The summed E-state index contributed by atoms with van der Waals surface area (Å²) in [6, 6.07) is 0. The predicted molar refractivity (Wildman–Crippen MR) is 94.3 cm³/mol. The lowest BCUT2D eigenvalue weighted by atomic mass is 9.95. The van der Waals surface area contributed by atoms with Crippen molar-refractivity contribution < 1.29 is 9.32 Å². The van der Waals surface area contributed by atoms with Crippen LogP contribution in [0.2, 0.25) is 0 Å². The number of hydrogen-bond acceptors (Lipinski definition) is 5. The van der Waals surface area contributed by atoms with Crippen LogP contribution in [-0.2, 0) is 4.79 Å². The van der Waals surface area contributed by atoms with Crippen LogP contribution in [0.1, 0.15) is 74.9 Å². The van der Waals surface area contributed by atoms with Crippen molar-refractivity contribution in [3.8, 4) is 0 Å². The smallest absolute Gasteiger partial charge is 0.229 e. The van der Waals surface area contributed by atoms with Crippen LogP contribution in [0.5, 0.6) is 0 Å². The molecule has 0 radical (unpaired) electrons. The molecule has 1 unspecified atom stereocenters. The van der Waals surface area contributed by atoms with Gasteiger partial charge in [0.1, 0.15) is 0 Å². The predicted octanol–water partition coefficient (Wildman–Crippen LogP) is 2.78. The number of rotatable bonds is 4. The quantitative estimate of drug-likeness (QED) is 0.839. The Balaban J connectivity index is 1.38. The summed E-state index contributed by atoms with van der Waals surface area (Å²) < 4.78 is 5.61. The lowest BCUT2D eigenvalue weighted by Gasteiger charge is -2.33. The lowest BCUT2D eigenvalue weighted by Crippen LogP contribution is -2.41. The topological polar surface area (TPSA) is 62.5 Å². The van der Waals surface area contributed by atoms with Crippen LogP contribution in [0.25, 0.3) is 0 Å². The van der Waals surface area contributed by atoms with Gasteiger partial charge in [0.05, 0.1) is 0 Å². The van der Waals surface area contributed by atoms with Gasteiger partial charge in [-0.1, -0.05) is 18.0 Å². The molecule has 2 saturated heterocycles. The van der Waals surface area contributed by atoms with Crippen LogP contribution in [0.15, 0.2) is 4.52 Å². The third kappa shape index (κ3) is 3.89. The fraction of sp³-hybridized carbons (Fsp3) is 0.842. The molecule has 1 saturated carbocycles. The first-order valence-corrected chi connectivity index (χ1v) is 9.99. The highest BCUT2D eigenvalue weighted by molar-refractivity contribution is 5.77. The van der Waals surface area contributed by atoms with Crippen molar-refractivity contribution in [3.05, 3.63) is 11.7 Å². The van der Waals surface area contributed by atoms with E-state index in [1.54, 1.807) is 0 Å². The second-order valence-corrected chi connectivity index (χ2v) is 8.25. The third-order valence-corrected chi connectivity index (χ3v) is 6.34. The summed E-state index contributed by atoms with van der Waals surface area (Å²) in [5.74, 6) is 3.27. The number of carbonyl (C=O) groups is 1. The highest BCUT2D eigenvalue weighted by atomic mass is 16.5. The van der Waals surface area contributed by atoms with E-state index in [1.165, 1.54) is 25.7 Å². The third-order valence-electron chi connectivity index (χ3n) is 6.34. The van der Waals surface area contributed by atoms with Gasteiger partial charge in [-0.2, -0.15) is 4.98 Å². The fourth-order valence-electron chi connectivity index (χ4n) is 4.64. The first-order chi connectivity index (χ1) is 12.2. The lowest BCUT2D eigenvalue weighted by molar-refractivity contribution is -0.134. The van der Waals surface area contributed by atoms with Gasteiger partial charge < -0.3 is 14.3 Å². The molecule has 0 aromatic carbocycles. The molecule has 138 valence electrons. The van der Waals surface area contributed by atoms with E-state index < -0.39 is 0 Å². The van der Waals surface area contributed by atoms with E-state index in [1.807, 2.05) is 0 Å². The second kappa shape index (κ2) is 7.44. The van der Waals surface area contributed by atoms with E-state index in [0.717, 1.165) is 57.2 Å². The highest BCUT2D eigenvalue weighted by Crippen LogP contribution is 2.32. The van der Waals surface area contributed by atoms with Crippen molar-refractivity contribution in [2.24, 2.45) is 5.92 Å². The first kappa shape index (κ1) is 17.0. The average molecular weight is 346 g/mol. The summed E-state index contributed by atoms with van der Waals surface area (Å²) in [4.78, 5) is 21.5. The monoisotopic (exact) mass is 346 g/mol. The molecule has 2 aliphatic heterocycles. The zero-order valence-electron chi connectivity index (χ0n) is 15.3. The zero-order valence-corrected chi connectivity index (χ0v) is 15.3. The molecule has 1 atom stereocenters. The molecule has 0 spiro atoms. The van der Waals surface area contributed by atoms with Crippen LogP contribution < -0.4 is 0 Å². The van der Waals surface area contributed by atoms with Crippen LogP contribution in [-0.4, -0.2) is 59.1 Å². The molecule has 3 aliphatic rings. The fourth-order valence-corrected chi connectivity index (χ4v) is 4.64. The van der Waals surface area contributed by atoms with Gasteiger partial charge >= 0.3 is 0 Å². The van der Waals surface area contributed by atoms with Gasteiger partial charge in [0, 0.05) is 31.3 Å². The van der Waals surface area contributed by atoms with E-state index in [-0.39, 0.29) is 5.92 Å². The Morgan fingerprint density at radius 3 is 2.60 bits per heavy atom. The van der Waals surface area contributed by atoms with E-state index in [0.29, 0.717) is 24.2 Å². The number of piperidine rings is 2. The summed E-state index contributed by atoms with van der Waals surface area (Å²) in [5.41, 5.74) is 0. The van der Waals surface area contributed by atoms with Gasteiger partial charge in [0.2, 0.25) is 11.8 Å². The van der Waals surface area contributed by atoms with Crippen molar-refractivity contribution in [3.63, 3.8) is 0 Å². The number of carbonyl (C=O) groups excluding carboxylic acids is 1. The number of hydrogen-bond donors (Lipinski definition) is 0. The SMILES string of the molecule is CN1CCC(c2nc(C3CCC(=O)N(CC4CCCC4)C3)no2)CC1. The minimum atomic E-state index is 0.239. The Morgan fingerprint density at radius 2 is 1.84 bits per heavy atom. The Kier molecular flexibility index (Phi) is 5.06. The first-order valence-electron chi connectivity index (χ1n) is 9.99. The Hall–Kier alpha value is -1.43. The van der Waals surface area contributed by atoms with Gasteiger partial charge in [-0.25, -0.2) is 0 Å². The van der Waals surface area contributed by atoms with Gasteiger partial charge in [-0.15, -0.1) is 0 Å². The molecule has 3 heterocycles. The second-order valence-electron chi connectivity index (χ2n) is 8.25. The van der Waals surface area contributed by atoms with Crippen LogP contribution in [0.4, 0.5) is 0 Å². The normalized spacial score (nSPS) is 27.3. The van der Waals surface area contributed by atoms with Gasteiger partial charge in [-0.3, -0.25) is 4.79 Å². The summed E-state index contributed by atoms with van der Waals surface area (Å²) in [7, 11) is 2.16. The molecule has 0 bridgehead atoms. The Morgan fingerprint density at radius 1 is 1.08 bits per heavy atom. The average Bonchev–Trinajstić information content (AvgIpc) is 3.29. The summed E-state index contributed by atoms with van der Waals surface area (Å²) in [6.45, 7) is 3.88. The van der Waals surface area contributed by atoms with E-state index in [4.69, 9.17) is 9.51 Å². The molecule has 3 fully saturated rings. The molecule has 6 nitrogen and oxygen atoms in total. The minimum Gasteiger partial charge on any atom is -0.342 e. The van der Waals surface area contributed by atoms with Crippen LogP contribution in [0, 0.1) is 5.92 Å². The zero-order chi connectivity index (χ0) is 17.2. The molecule has 1 aliphatic carbocycles. The molecule has 4 rings (SSSR count). The number of likely N-dealkylation sites (tertiary alicyclic amines) is 2. The minimum absolute atomic E-state index is 0.239. The molecule has 1 aromatic heterocycles. The molecule has 1 amide bonds. The van der Waals surface area contributed by atoms with Crippen molar-refractivity contribution in [1.82, 2.24) is 19.9 Å². The maximum atomic E-state index is 12.3. The van der Waals surface area contributed by atoms with E-state index in [2.05, 4.69) is 22.0 Å². The van der Waals surface area contributed by atoms with Crippen LogP contribution >= 0.6 is 0 Å². The Labute approximate surface area is 149 Å². The van der Waals surface area contributed by atoms with Crippen molar-refractivity contribution in [2.45, 2.75) is 63.2 Å². The summed E-state index contributed by atoms with van der Waals surface area (Å²) >= 11 is 0. The van der Waals surface area contributed by atoms with Gasteiger partial charge in [-0.05, 0) is 58.2 Å². The van der Waals surface area contributed by atoms with Gasteiger partial charge in [0.15, 0.2) is 5.82 Å². The van der Waals surface area contributed by atoms with Gasteiger partial charge in [0.25, 0.3) is 0 Å². The maximum absolute atomic E-state index is 12.3. The summed E-state index contributed by atoms with van der Waals surface area (Å²) in [6.07, 6.45) is 8.85. The molecule has 1 aromatic rings. The number of amides is 1. The molecular formula is C19H30N4O2. The molecule has 6 heteroatoms. The number of aromatic nitrogens is 2. The maximum Gasteiger partial charge on any atom is 0.229 e.